The van der Waals surface area contributed by atoms with Crippen LogP contribution in [0.2, 0.25) is 0 Å². The zero-order valence-electron chi connectivity index (χ0n) is 11.9. The van der Waals surface area contributed by atoms with Crippen molar-refractivity contribution < 1.29 is 5.11 Å². The van der Waals surface area contributed by atoms with E-state index < -0.39 is 6.10 Å². The third-order valence-corrected chi connectivity index (χ3v) is 4.62. The van der Waals surface area contributed by atoms with Gasteiger partial charge in [-0.3, -0.25) is 0 Å². The summed E-state index contributed by atoms with van der Waals surface area (Å²) in [5.74, 6) is 0. The van der Waals surface area contributed by atoms with Crippen molar-refractivity contribution in [3.8, 4) is 0 Å². The van der Waals surface area contributed by atoms with E-state index in [-0.39, 0.29) is 0 Å². The molecular weight excluding hydrogens is 304 g/mol. The lowest BCUT2D eigenvalue weighted by Gasteiger charge is -2.37. The number of hydrogen-bond acceptors (Lipinski definition) is 3. The standard InChI is InChI=1S/C15H23BrN2O/c1-11(19)12-4-5-15(14(16)10-12)18-8-6-13(7-9-18)17(2)3/h4-5,10-11,13,19H,6-9H2,1-3H3/t11-/m1/s1. The Balaban J connectivity index is 2.07. The van der Waals surface area contributed by atoms with Crippen LogP contribution in [0.1, 0.15) is 31.4 Å². The summed E-state index contributed by atoms with van der Waals surface area (Å²) in [7, 11) is 4.32. The largest absolute Gasteiger partial charge is 0.389 e. The van der Waals surface area contributed by atoms with E-state index in [9.17, 15) is 5.11 Å². The highest BCUT2D eigenvalue weighted by Crippen LogP contribution is 2.31. The molecule has 0 spiro atoms. The minimum absolute atomic E-state index is 0.412. The van der Waals surface area contributed by atoms with Crippen LogP contribution in [0.4, 0.5) is 5.69 Å². The van der Waals surface area contributed by atoms with Crippen molar-refractivity contribution in [2.75, 3.05) is 32.1 Å². The minimum atomic E-state index is -0.412. The Morgan fingerprint density at radius 2 is 1.95 bits per heavy atom. The Morgan fingerprint density at radius 3 is 2.42 bits per heavy atom. The maximum absolute atomic E-state index is 9.61. The van der Waals surface area contributed by atoms with Crippen LogP contribution in [0.5, 0.6) is 0 Å². The van der Waals surface area contributed by atoms with Crippen molar-refractivity contribution in [2.45, 2.75) is 31.9 Å². The Kier molecular flexibility index (Phi) is 4.87. The quantitative estimate of drug-likeness (QED) is 0.924. The Bertz CT molecular complexity index is 426. The summed E-state index contributed by atoms with van der Waals surface area (Å²) in [6, 6.07) is 6.86. The predicted molar refractivity (Wildman–Crippen MR) is 83.7 cm³/mol. The smallest absolute Gasteiger partial charge is 0.0762 e. The molecule has 1 aromatic rings. The summed E-state index contributed by atoms with van der Waals surface area (Å²) >= 11 is 3.63. The van der Waals surface area contributed by atoms with Gasteiger partial charge in [0.1, 0.15) is 0 Å². The van der Waals surface area contributed by atoms with Crippen LogP contribution in [-0.4, -0.2) is 43.2 Å². The fraction of sp³-hybridized carbons (Fsp3) is 0.600. The lowest BCUT2D eigenvalue weighted by Crippen LogP contribution is -2.42. The lowest BCUT2D eigenvalue weighted by molar-refractivity contribution is 0.199. The molecule has 1 aliphatic heterocycles. The van der Waals surface area contributed by atoms with E-state index >= 15 is 0 Å². The van der Waals surface area contributed by atoms with Gasteiger partial charge in [0.15, 0.2) is 0 Å². The minimum Gasteiger partial charge on any atom is -0.389 e. The van der Waals surface area contributed by atoms with Crippen LogP contribution in [0.3, 0.4) is 0 Å². The van der Waals surface area contributed by atoms with Gasteiger partial charge < -0.3 is 14.9 Å². The first-order chi connectivity index (χ1) is 8.99. The van der Waals surface area contributed by atoms with Gasteiger partial charge in [0.2, 0.25) is 0 Å². The molecule has 4 heteroatoms. The van der Waals surface area contributed by atoms with E-state index in [2.05, 4.69) is 45.9 Å². The summed E-state index contributed by atoms with van der Waals surface area (Å²) in [6.45, 7) is 3.98. The fourth-order valence-corrected chi connectivity index (χ4v) is 3.31. The molecule has 106 valence electrons. The molecule has 1 aromatic carbocycles. The highest BCUT2D eigenvalue weighted by atomic mass is 79.9. The second-order valence-corrected chi connectivity index (χ2v) is 6.42. The molecular formula is C15H23BrN2O. The van der Waals surface area contributed by atoms with Crippen LogP contribution in [0.15, 0.2) is 22.7 Å². The summed E-state index contributed by atoms with van der Waals surface area (Å²) in [5, 5.41) is 9.61. The highest BCUT2D eigenvalue weighted by molar-refractivity contribution is 9.10. The number of nitrogens with zero attached hydrogens (tertiary/aromatic N) is 2. The SMILES string of the molecule is C[C@@H](O)c1ccc(N2CCC(N(C)C)CC2)c(Br)c1. The first kappa shape index (κ1) is 14.8. The van der Waals surface area contributed by atoms with Gasteiger partial charge in [0.25, 0.3) is 0 Å². The van der Waals surface area contributed by atoms with Crippen molar-refractivity contribution in [1.29, 1.82) is 0 Å². The van der Waals surface area contributed by atoms with E-state index in [1.807, 2.05) is 12.1 Å². The molecule has 0 amide bonds. The van der Waals surface area contributed by atoms with Crippen LogP contribution >= 0.6 is 15.9 Å². The van der Waals surface area contributed by atoms with Crippen molar-refractivity contribution in [3.05, 3.63) is 28.2 Å². The second-order valence-electron chi connectivity index (χ2n) is 5.57. The Labute approximate surface area is 124 Å². The number of aliphatic hydroxyl groups excluding tert-OH is 1. The van der Waals surface area contributed by atoms with Gasteiger partial charge in [-0.15, -0.1) is 0 Å². The molecule has 0 bridgehead atoms. The van der Waals surface area contributed by atoms with E-state index in [0.29, 0.717) is 6.04 Å². The molecule has 0 radical (unpaired) electrons. The number of rotatable bonds is 3. The molecule has 1 N–H and O–H groups in total. The number of halogens is 1. The fourth-order valence-electron chi connectivity index (χ4n) is 2.66. The van der Waals surface area contributed by atoms with E-state index in [4.69, 9.17) is 0 Å². The Morgan fingerprint density at radius 1 is 1.32 bits per heavy atom. The average molecular weight is 327 g/mol. The molecule has 1 fully saturated rings. The normalized spacial score (nSPS) is 18.9. The summed E-state index contributed by atoms with van der Waals surface area (Å²) in [5.41, 5.74) is 2.19. The second kappa shape index (κ2) is 6.25. The van der Waals surface area contributed by atoms with Crippen molar-refractivity contribution in [2.24, 2.45) is 0 Å². The molecule has 0 saturated carbocycles. The van der Waals surface area contributed by atoms with Crippen LogP contribution < -0.4 is 4.90 Å². The van der Waals surface area contributed by atoms with Gasteiger partial charge in [0, 0.05) is 23.6 Å². The predicted octanol–water partition coefficient (Wildman–Crippen LogP) is 3.03. The first-order valence-electron chi connectivity index (χ1n) is 6.88. The molecule has 0 aromatic heterocycles. The van der Waals surface area contributed by atoms with Crippen LogP contribution in [0.25, 0.3) is 0 Å². The molecule has 1 atom stereocenters. The van der Waals surface area contributed by atoms with Gasteiger partial charge in [-0.25, -0.2) is 0 Å². The van der Waals surface area contributed by atoms with Gasteiger partial charge >= 0.3 is 0 Å². The molecule has 1 saturated heterocycles. The van der Waals surface area contributed by atoms with Gasteiger partial charge in [0.05, 0.1) is 11.8 Å². The first-order valence-corrected chi connectivity index (χ1v) is 7.67. The third-order valence-electron chi connectivity index (χ3n) is 3.99. The monoisotopic (exact) mass is 326 g/mol. The van der Waals surface area contributed by atoms with E-state index in [0.717, 1.165) is 23.1 Å². The maximum Gasteiger partial charge on any atom is 0.0762 e. The lowest BCUT2D eigenvalue weighted by atomic mass is 10.0. The van der Waals surface area contributed by atoms with Gasteiger partial charge in [-0.2, -0.15) is 0 Å². The van der Waals surface area contributed by atoms with Crippen molar-refractivity contribution >= 4 is 21.6 Å². The summed E-state index contributed by atoms with van der Waals surface area (Å²) < 4.78 is 1.08. The number of piperidine rings is 1. The van der Waals surface area contributed by atoms with Crippen LogP contribution in [-0.2, 0) is 0 Å². The number of benzene rings is 1. The number of aliphatic hydroxyl groups is 1. The Hall–Kier alpha value is -0.580. The molecule has 2 rings (SSSR count). The van der Waals surface area contributed by atoms with E-state index in [1.54, 1.807) is 6.92 Å². The third kappa shape index (κ3) is 3.50. The number of anilines is 1. The van der Waals surface area contributed by atoms with Crippen molar-refractivity contribution in [1.82, 2.24) is 4.90 Å². The molecule has 0 unspecified atom stereocenters. The molecule has 1 aliphatic rings. The zero-order chi connectivity index (χ0) is 14.0. The maximum atomic E-state index is 9.61. The van der Waals surface area contributed by atoms with Gasteiger partial charge in [-0.1, -0.05) is 6.07 Å². The van der Waals surface area contributed by atoms with Gasteiger partial charge in [-0.05, 0) is 67.5 Å². The van der Waals surface area contributed by atoms with Crippen molar-refractivity contribution in [3.63, 3.8) is 0 Å². The topological polar surface area (TPSA) is 26.7 Å². The number of hydrogen-bond donors (Lipinski definition) is 1. The zero-order valence-corrected chi connectivity index (χ0v) is 13.5. The van der Waals surface area contributed by atoms with E-state index in [1.165, 1.54) is 18.5 Å². The molecule has 19 heavy (non-hydrogen) atoms. The molecule has 1 heterocycles. The van der Waals surface area contributed by atoms with Crippen LogP contribution in [0, 0.1) is 0 Å². The summed E-state index contributed by atoms with van der Waals surface area (Å²) in [4.78, 5) is 4.75. The highest BCUT2D eigenvalue weighted by Gasteiger charge is 2.22. The molecule has 0 aliphatic carbocycles. The molecule has 3 nitrogen and oxygen atoms in total. The average Bonchev–Trinajstić information content (AvgIpc) is 2.38. The summed E-state index contributed by atoms with van der Waals surface area (Å²) in [6.07, 6.45) is 2.00.